The predicted molar refractivity (Wildman–Crippen MR) is 81.0 cm³/mol. The van der Waals surface area contributed by atoms with E-state index < -0.39 is 0 Å². The number of ether oxygens (including phenoxy) is 1. The standard InChI is InChI=1S/C17H25NO2/c1-4-17(3,18-8-10-20-11-9-18)16(19)13-15-7-5-6-14(2)12-15/h5-7,12H,4,8-11,13H2,1-3H3. The minimum atomic E-state index is -0.368. The average Bonchev–Trinajstić information content (AvgIpc) is 2.47. The fourth-order valence-corrected chi connectivity index (χ4v) is 2.85. The highest BCUT2D eigenvalue weighted by molar-refractivity contribution is 5.89. The van der Waals surface area contributed by atoms with Crippen LogP contribution in [0.1, 0.15) is 31.4 Å². The molecule has 1 atom stereocenters. The topological polar surface area (TPSA) is 29.5 Å². The van der Waals surface area contributed by atoms with E-state index in [1.165, 1.54) is 5.56 Å². The van der Waals surface area contributed by atoms with Crippen molar-refractivity contribution in [2.45, 2.75) is 39.2 Å². The molecule has 0 saturated carbocycles. The summed E-state index contributed by atoms with van der Waals surface area (Å²) in [4.78, 5) is 15.1. The lowest BCUT2D eigenvalue weighted by atomic mass is 9.86. The third kappa shape index (κ3) is 3.28. The van der Waals surface area contributed by atoms with Crippen molar-refractivity contribution in [2.75, 3.05) is 26.3 Å². The fourth-order valence-electron chi connectivity index (χ4n) is 2.85. The molecule has 1 aromatic carbocycles. The summed E-state index contributed by atoms with van der Waals surface area (Å²) in [7, 11) is 0. The van der Waals surface area contributed by atoms with Crippen molar-refractivity contribution in [1.82, 2.24) is 4.90 Å². The van der Waals surface area contributed by atoms with E-state index in [1.54, 1.807) is 0 Å². The molecule has 1 aliphatic heterocycles. The second kappa shape index (κ2) is 6.51. The Morgan fingerprint density at radius 2 is 2.05 bits per heavy atom. The van der Waals surface area contributed by atoms with Crippen LogP contribution < -0.4 is 0 Å². The Bertz CT molecular complexity index is 466. The van der Waals surface area contributed by atoms with E-state index in [4.69, 9.17) is 4.74 Å². The van der Waals surface area contributed by atoms with Crippen molar-refractivity contribution in [3.05, 3.63) is 35.4 Å². The molecule has 0 radical (unpaired) electrons. The molecule has 1 saturated heterocycles. The Hall–Kier alpha value is -1.19. The predicted octanol–water partition coefficient (Wildman–Crippen LogP) is 2.61. The molecule has 3 heteroatoms. The van der Waals surface area contributed by atoms with Crippen molar-refractivity contribution in [1.29, 1.82) is 0 Å². The van der Waals surface area contributed by atoms with Gasteiger partial charge < -0.3 is 4.74 Å². The summed E-state index contributed by atoms with van der Waals surface area (Å²) < 4.78 is 5.40. The maximum Gasteiger partial charge on any atom is 0.157 e. The van der Waals surface area contributed by atoms with E-state index in [1.807, 2.05) is 12.1 Å². The molecule has 110 valence electrons. The molecule has 1 unspecified atom stereocenters. The van der Waals surface area contributed by atoms with E-state index in [0.29, 0.717) is 12.2 Å². The van der Waals surface area contributed by atoms with Crippen LogP contribution >= 0.6 is 0 Å². The quantitative estimate of drug-likeness (QED) is 0.827. The van der Waals surface area contributed by atoms with Crippen LogP contribution in [0.5, 0.6) is 0 Å². The second-order valence-corrected chi connectivity index (χ2v) is 5.82. The van der Waals surface area contributed by atoms with Gasteiger partial charge in [0.15, 0.2) is 5.78 Å². The van der Waals surface area contributed by atoms with Gasteiger partial charge in [-0.05, 0) is 25.8 Å². The van der Waals surface area contributed by atoms with Crippen LogP contribution in [0.3, 0.4) is 0 Å². The first-order valence-corrected chi connectivity index (χ1v) is 7.48. The van der Waals surface area contributed by atoms with Gasteiger partial charge >= 0.3 is 0 Å². The van der Waals surface area contributed by atoms with Gasteiger partial charge in [0.1, 0.15) is 0 Å². The summed E-state index contributed by atoms with van der Waals surface area (Å²) in [6, 6.07) is 8.23. The Balaban J connectivity index is 2.11. The molecule has 1 aliphatic rings. The van der Waals surface area contributed by atoms with Crippen LogP contribution in [0.4, 0.5) is 0 Å². The number of carbonyl (C=O) groups excluding carboxylic acids is 1. The molecule has 1 heterocycles. The van der Waals surface area contributed by atoms with Crippen LogP contribution in [0.15, 0.2) is 24.3 Å². The first-order chi connectivity index (χ1) is 9.56. The smallest absolute Gasteiger partial charge is 0.157 e. The molecule has 20 heavy (non-hydrogen) atoms. The van der Waals surface area contributed by atoms with Crippen molar-refractivity contribution >= 4 is 5.78 Å². The highest BCUT2D eigenvalue weighted by atomic mass is 16.5. The van der Waals surface area contributed by atoms with Crippen LogP contribution in [0.2, 0.25) is 0 Å². The number of benzene rings is 1. The number of ketones is 1. The average molecular weight is 275 g/mol. The molecule has 1 fully saturated rings. The van der Waals surface area contributed by atoms with Crippen LogP contribution in [0, 0.1) is 6.92 Å². The SMILES string of the molecule is CCC(C)(C(=O)Cc1cccc(C)c1)N1CCOCC1. The lowest BCUT2D eigenvalue weighted by molar-refractivity contribution is -0.133. The molecule has 0 aliphatic carbocycles. The Labute approximate surface area is 121 Å². The van der Waals surface area contributed by atoms with Crippen molar-refractivity contribution in [3.63, 3.8) is 0 Å². The van der Waals surface area contributed by atoms with Gasteiger partial charge in [0.25, 0.3) is 0 Å². The zero-order chi connectivity index (χ0) is 14.6. The van der Waals surface area contributed by atoms with Crippen molar-refractivity contribution in [2.24, 2.45) is 0 Å². The number of rotatable bonds is 5. The third-order valence-electron chi connectivity index (χ3n) is 4.45. The van der Waals surface area contributed by atoms with Crippen LogP contribution in [-0.2, 0) is 16.0 Å². The number of morpholine rings is 1. The van der Waals surface area contributed by atoms with E-state index >= 15 is 0 Å². The van der Waals surface area contributed by atoms with Gasteiger partial charge in [0.2, 0.25) is 0 Å². The van der Waals surface area contributed by atoms with E-state index in [9.17, 15) is 4.79 Å². The van der Waals surface area contributed by atoms with Gasteiger partial charge in [-0.3, -0.25) is 9.69 Å². The van der Waals surface area contributed by atoms with Gasteiger partial charge in [-0.1, -0.05) is 36.8 Å². The second-order valence-electron chi connectivity index (χ2n) is 5.82. The maximum atomic E-state index is 12.8. The molecule has 0 aromatic heterocycles. The van der Waals surface area contributed by atoms with Gasteiger partial charge in [0, 0.05) is 19.5 Å². The minimum Gasteiger partial charge on any atom is -0.379 e. The maximum absolute atomic E-state index is 12.8. The van der Waals surface area contributed by atoms with Gasteiger partial charge in [-0.2, -0.15) is 0 Å². The summed E-state index contributed by atoms with van der Waals surface area (Å²) in [5, 5.41) is 0. The van der Waals surface area contributed by atoms with E-state index in [0.717, 1.165) is 38.3 Å². The molecule has 0 bridgehead atoms. The zero-order valence-corrected chi connectivity index (χ0v) is 12.8. The highest BCUT2D eigenvalue weighted by Crippen LogP contribution is 2.24. The molecule has 3 nitrogen and oxygen atoms in total. The van der Waals surface area contributed by atoms with Crippen LogP contribution in [0.25, 0.3) is 0 Å². The molecular formula is C17H25NO2. The molecular weight excluding hydrogens is 250 g/mol. The summed E-state index contributed by atoms with van der Waals surface area (Å²) in [6.07, 6.45) is 1.36. The monoisotopic (exact) mass is 275 g/mol. The molecule has 0 spiro atoms. The van der Waals surface area contributed by atoms with Gasteiger partial charge in [-0.25, -0.2) is 0 Å². The molecule has 0 amide bonds. The number of carbonyl (C=O) groups is 1. The minimum absolute atomic E-state index is 0.313. The van der Waals surface area contributed by atoms with Crippen molar-refractivity contribution in [3.8, 4) is 0 Å². The van der Waals surface area contributed by atoms with Gasteiger partial charge in [-0.15, -0.1) is 0 Å². The number of hydrogen-bond acceptors (Lipinski definition) is 3. The Kier molecular flexibility index (Phi) is 4.95. The Morgan fingerprint density at radius 1 is 1.35 bits per heavy atom. The number of Topliss-reactive ketones (excluding diaryl/α,β-unsaturated/α-hetero) is 1. The Morgan fingerprint density at radius 3 is 2.65 bits per heavy atom. The number of hydrogen-bond donors (Lipinski definition) is 0. The van der Waals surface area contributed by atoms with Crippen LogP contribution in [-0.4, -0.2) is 42.5 Å². The highest BCUT2D eigenvalue weighted by Gasteiger charge is 2.37. The first-order valence-electron chi connectivity index (χ1n) is 7.48. The summed E-state index contributed by atoms with van der Waals surface area (Å²) in [5.41, 5.74) is 1.95. The summed E-state index contributed by atoms with van der Waals surface area (Å²) in [5.74, 6) is 0.313. The number of aryl methyl sites for hydroxylation is 1. The molecule has 0 N–H and O–H groups in total. The van der Waals surface area contributed by atoms with E-state index in [-0.39, 0.29) is 5.54 Å². The first kappa shape index (κ1) is 15.2. The van der Waals surface area contributed by atoms with Crippen molar-refractivity contribution < 1.29 is 9.53 Å². The summed E-state index contributed by atoms with van der Waals surface area (Å²) in [6.45, 7) is 9.41. The van der Waals surface area contributed by atoms with Gasteiger partial charge in [0.05, 0.1) is 18.8 Å². The summed E-state index contributed by atoms with van der Waals surface area (Å²) >= 11 is 0. The fraction of sp³-hybridized carbons (Fsp3) is 0.588. The normalized spacial score (nSPS) is 19.6. The molecule has 2 rings (SSSR count). The molecule has 1 aromatic rings. The zero-order valence-electron chi connectivity index (χ0n) is 12.8. The van der Waals surface area contributed by atoms with E-state index in [2.05, 4.69) is 37.8 Å². The largest absolute Gasteiger partial charge is 0.379 e. The third-order valence-corrected chi connectivity index (χ3v) is 4.45. The number of nitrogens with zero attached hydrogens (tertiary/aromatic N) is 1. The lowest BCUT2D eigenvalue weighted by Gasteiger charge is -2.41. The lowest BCUT2D eigenvalue weighted by Crippen LogP contribution is -2.56.